The van der Waals surface area contributed by atoms with Gasteiger partial charge in [-0.2, -0.15) is 5.26 Å². The molecule has 0 saturated heterocycles. The Kier molecular flexibility index (Phi) is 3.05. The molecule has 2 N–H and O–H groups in total. The second-order valence-corrected chi connectivity index (χ2v) is 2.86. The highest BCUT2D eigenvalue weighted by atomic mass is 35.5. The van der Waals surface area contributed by atoms with Gasteiger partial charge < -0.3 is 5.73 Å². The molecule has 0 unspecified atom stereocenters. The molecule has 1 aromatic rings. The number of halogens is 2. The molecule has 0 atom stereocenters. The number of ketones is 1. The Labute approximate surface area is 84.9 Å². The average molecular weight is 213 g/mol. The first-order valence-electron chi connectivity index (χ1n) is 3.68. The maximum absolute atomic E-state index is 12.9. The number of alkyl halides is 1. The van der Waals surface area contributed by atoms with E-state index in [-0.39, 0.29) is 22.7 Å². The molecule has 0 spiro atoms. The zero-order chi connectivity index (χ0) is 10.7. The van der Waals surface area contributed by atoms with Crippen molar-refractivity contribution in [3.8, 4) is 6.07 Å². The Morgan fingerprint density at radius 3 is 2.79 bits per heavy atom. The van der Waals surface area contributed by atoms with E-state index in [1.54, 1.807) is 6.07 Å². The molecule has 1 aromatic carbocycles. The van der Waals surface area contributed by atoms with Gasteiger partial charge in [-0.15, -0.1) is 11.6 Å². The first-order chi connectivity index (χ1) is 6.60. The van der Waals surface area contributed by atoms with Crippen LogP contribution >= 0.6 is 11.6 Å². The maximum atomic E-state index is 12.9. The lowest BCUT2D eigenvalue weighted by Gasteiger charge is -2.03. The van der Waals surface area contributed by atoms with E-state index in [2.05, 4.69) is 0 Å². The number of carbonyl (C=O) groups excluding carboxylic acids is 1. The summed E-state index contributed by atoms with van der Waals surface area (Å²) in [7, 11) is 0. The van der Waals surface area contributed by atoms with Gasteiger partial charge in [-0.25, -0.2) is 4.39 Å². The van der Waals surface area contributed by atoms with E-state index in [0.717, 1.165) is 12.1 Å². The van der Waals surface area contributed by atoms with Crippen LogP contribution in [0.3, 0.4) is 0 Å². The number of anilines is 1. The number of hydrogen-bond acceptors (Lipinski definition) is 3. The van der Waals surface area contributed by atoms with Gasteiger partial charge in [0.05, 0.1) is 23.2 Å². The number of carbonyl (C=O) groups is 1. The fraction of sp³-hybridized carbons (Fsp3) is 0.111. The molecule has 1 rings (SSSR count). The highest BCUT2D eigenvalue weighted by Gasteiger charge is 2.13. The highest BCUT2D eigenvalue weighted by molar-refractivity contribution is 6.30. The summed E-state index contributed by atoms with van der Waals surface area (Å²) in [6.45, 7) is 0. The smallest absolute Gasteiger partial charge is 0.178 e. The Morgan fingerprint density at radius 2 is 2.29 bits per heavy atom. The van der Waals surface area contributed by atoms with Crippen LogP contribution < -0.4 is 5.73 Å². The van der Waals surface area contributed by atoms with Gasteiger partial charge in [0.15, 0.2) is 5.78 Å². The molecule has 0 heterocycles. The Morgan fingerprint density at radius 1 is 1.64 bits per heavy atom. The molecule has 0 aliphatic heterocycles. The number of hydrogen-bond donors (Lipinski definition) is 1. The van der Waals surface area contributed by atoms with Crippen LogP contribution in [0.2, 0.25) is 0 Å². The summed E-state index contributed by atoms with van der Waals surface area (Å²) in [6, 6.07) is 3.75. The van der Waals surface area contributed by atoms with E-state index >= 15 is 0 Å². The van der Waals surface area contributed by atoms with Crippen LogP contribution in [0.4, 0.5) is 10.1 Å². The van der Waals surface area contributed by atoms with Crippen LogP contribution in [0, 0.1) is 17.1 Å². The highest BCUT2D eigenvalue weighted by Crippen LogP contribution is 2.18. The summed E-state index contributed by atoms with van der Waals surface area (Å²) < 4.78 is 12.9. The van der Waals surface area contributed by atoms with Crippen molar-refractivity contribution in [3.63, 3.8) is 0 Å². The summed E-state index contributed by atoms with van der Waals surface area (Å²) in [5, 5.41) is 8.63. The van der Waals surface area contributed by atoms with Crippen molar-refractivity contribution in [2.24, 2.45) is 0 Å². The minimum atomic E-state index is -0.715. The topological polar surface area (TPSA) is 66.9 Å². The molecule has 0 aliphatic rings. The standard InChI is InChI=1S/C9H6ClFN2O/c10-3-9(14)6-2-8(13)7(11)1-5(6)4-12/h1-2H,3,13H2. The van der Waals surface area contributed by atoms with Crippen LogP contribution in [0.5, 0.6) is 0 Å². The first kappa shape index (κ1) is 10.5. The largest absolute Gasteiger partial charge is 0.396 e. The SMILES string of the molecule is N#Cc1cc(F)c(N)cc1C(=O)CCl. The van der Waals surface area contributed by atoms with E-state index in [1.165, 1.54) is 0 Å². The summed E-state index contributed by atoms with van der Waals surface area (Å²) in [4.78, 5) is 11.2. The zero-order valence-electron chi connectivity index (χ0n) is 7.05. The predicted octanol–water partition coefficient (Wildman–Crippen LogP) is 1.70. The Balaban J connectivity index is 3.36. The molecule has 0 aliphatic carbocycles. The number of benzene rings is 1. The fourth-order valence-electron chi connectivity index (χ4n) is 0.985. The molecule has 14 heavy (non-hydrogen) atoms. The van der Waals surface area contributed by atoms with Crippen molar-refractivity contribution >= 4 is 23.1 Å². The van der Waals surface area contributed by atoms with Crippen LogP contribution in [0.15, 0.2) is 12.1 Å². The molecular weight excluding hydrogens is 207 g/mol. The van der Waals surface area contributed by atoms with Crippen LogP contribution in [-0.2, 0) is 0 Å². The number of nitrogen functional groups attached to an aromatic ring is 1. The molecule has 0 bridgehead atoms. The van der Waals surface area contributed by atoms with Gasteiger partial charge in [-0.1, -0.05) is 0 Å². The number of nitrogens with zero attached hydrogens (tertiary/aromatic N) is 1. The second kappa shape index (κ2) is 4.07. The van der Waals surface area contributed by atoms with Crippen molar-refractivity contribution < 1.29 is 9.18 Å². The third-order valence-electron chi connectivity index (χ3n) is 1.68. The third-order valence-corrected chi connectivity index (χ3v) is 1.92. The summed E-state index contributed by atoms with van der Waals surface area (Å²) in [6.07, 6.45) is 0. The monoisotopic (exact) mass is 212 g/mol. The van der Waals surface area contributed by atoms with Gasteiger partial charge in [0.2, 0.25) is 0 Å². The predicted molar refractivity (Wildman–Crippen MR) is 50.6 cm³/mol. The van der Waals surface area contributed by atoms with Crippen molar-refractivity contribution in [2.75, 3.05) is 11.6 Å². The van der Waals surface area contributed by atoms with Crippen molar-refractivity contribution in [2.45, 2.75) is 0 Å². The van der Waals surface area contributed by atoms with Crippen molar-refractivity contribution in [1.82, 2.24) is 0 Å². The van der Waals surface area contributed by atoms with E-state index < -0.39 is 11.6 Å². The van der Waals surface area contributed by atoms with Crippen LogP contribution in [-0.4, -0.2) is 11.7 Å². The minimum Gasteiger partial charge on any atom is -0.396 e. The van der Waals surface area contributed by atoms with Gasteiger partial charge in [0, 0.05) is 5.56 Å². The molecule has 0 aromatic heterocycles. The molecular formula is C9H6ClFN2O. The van der Waals surface area contributed by atoms with Gasteiger partial charge >= 0.3 is 0 Å². The minimum absolute atomic E-state index is 0.0534. The van der Waals surface area contributed by atoms with E-state index in [1.807, 2.05) is 0 Å². The Hall–Kier alpha value is -1.60. The van der Waals surface area contributed by atoms with Crippen molar-refractivity contribution in [3.05, 3.63) is 29.1 Å². The van der Waals surface area contributed by atoms with Gasteiger partial charge in [0.1, 0.15) is 5.82 Å². The second-order valence-electron chi connectivity index (χ2n) is 2.59. The maximum Gasteiger partial charge on any atom is 0.178 e. The van der Waals surface area contributed by atoms with E-state index in [9.17, 15) is 9.18 Å². The zero-order valence-corrected chi connectivity index (χ0v) is 7.81. The van der Waals surface area contributed by atoms with E-state index in [0.29, 0.717) is 0 Å². The first-order valence-corrected chi connectivity index (χ1v) is 4.22. The number of rotatable bonds is 2. The summed E-state index contributed by atoms with van der Waals surface area (Å²) >= 11 is 5.31. The Bertz CT molecular complexity index is 426. The van der Waals surface area contributed by atoms with Gasteiger partial charge in [-0.05, 0) is 12.1 Å². The lowest BCUT2D eigenvalue weighted by atomic mass is 10.0. The fourth-order valence-corrected chi connectivity index (χ4v) is 1.13. The molecule has 0 radical (unpaired) electrons. The summed E-state index contributed by atoms with van der Waals surface area (Å²) in [5.74, 6) is -1.43. The number of Topliss-reactive ketones (excluding diaryl/α,β-unsaturated/α-hetero) is 1. The molecule has 3 nitrogen and oxygen atoms in total. The van der Waals surface area contributed by atoms with Crippen LogP contribution in [0.25, 0.3) is 0 Å². The third kappa shape index (κ3) is 1.83. The van der Waals surface area contributed by atoms with Crippen LogP contribution in [0.1, 0.15) is 15.9 Å². The lowest BCUT2D eigenvalue weighted by molar-refractivity contribution is 0.102. The molecule has 0 saturated carbocycles. The van der Waals surface area contributed by atoms with Gasteiger partial charge in [-0.3, -0.25) is 4.79 Å². The average Bonchev–Trinajstić information content (AvgIpc) is 2.20. The molecule has 0 fully saturated rings. The normalized spacial score (nSPS) is 9.50. The quantitative estimate of drug-likeness (QED) is 0.461. The molecule has 5 heteroatoms. The van der Waals surface area contributed by atoms with E-state index in [4.69, 9.17) is 22.6 Å². The number of nitriles is 1. The lowest BCUT2D eigenvalue weighted by Crippen LogP contribution is -2.06. The summed E-state index contributed by atoms with van der Waals surface area (Å²) in [5.41, 5.74) is 5.09. The number of nitrogens with two attached hydrogens (primary N) is 1. The molecule has 0 amide bonds. The van der Waals surface area contributed by atoms with Crippen molar-refractivity contribution in [1.29, 1.82) is 5.26 Å². The van der Waals surface area contributed by atoms with Gasteiger partial charge in [0.25, 0.3) is 0 Å². The molecule has 72 valence electrons.